The minimum Gasteiger partial charge on any atom is -0.399 e. The Hall–Kier alpha value is -1.03. The van der Waals surface area contributed by atoms with Gasteiger partial charge in [-0.25, -0.2) is 0 Å². The largest absolute Gasteiger partial charge is 0.399 e. The van der Waals surface area contributed by atoms with E-state index in [0.29, 0.717) is 11.3 Å². The lowest BCUT2D eigenvalue weighted by atomic mass is 10.1. The lowest BCUT2D eigenvalue weighted by molar-refractivity contribution is 0.0935. The number of anilines is 1. The van der Waals surface area contributed by atoms with E-state index in [9.17, 15) is 4.79 Å². The molecule has 0 aromatic heterocycles. The maximum atomic E-state index is 11.9. The summed E-state index contributed by atoms with van der Waals surface area (Å²) in [4.78, 5) is 11.9. The molecule has 0 unspecified atom stereocenters. The van der Waals surface area contributed by atoms with Crippen LogP contribution in [-0.4, -0.2) is 11.9 Å². The molecule has 88 valence electrons. The zero-order valence-corrected chi connectivity index (χ0v) is 11.2. The number of nitrogens with two attached hydrogens (primary N) is 1. The number of carbonyl (C=O) groups is 1. The van der Waals surface area contributed by atoms with Gasteiger partial charge < -0.3 is 11.1 Å². The number of nitrogens with one attached hydrogen (secondary N) is 1. The van der Waals surface area contributed by atoms with Crippen molar-refractivity contribution in [2.75, 3.05) is 5.73 Å². The number of nitrogen functional groups attached to an aromatic ring is 1. The fraction of sp³-hybridized carbons (Fsp3) is 0.417. The van der Waals surface area contributed by atoms with Gasteiger partial charge in [-0.05, 0) is 31.0 Å². The summed E-state index contributed by atoms with van der Waals surface area (Å²) < 4.78 is 0.821. The van der Waals surface area contributed by atoms with Gasteiger partial charge in [-0.3, -0.25) is 4.79 Å². The van der Waals surface area contributed by atoms with Crippen molar-refractivity contribution in [2.45, 2.75) is 32.7 Å². The highest BCUT2D eigenvalue weighted by Crippen LogP contribution is 2.17. The van der Waals surface area contributed by atoms with Gasteiger partial charge in [-0.1, -0.05) is 29.8 Å². The summed E-state index contributed by atoms with van der Waals surface area (Å²) in [6.45, 7) is 4.12. The minimum atomic E-state index is -0.0679. The van der Waals surface area contributed by atoms with Crippen molar-refractivity contribution in [1.82, 2.24) is 5.32 Å². The molecule has 1 aromatic rings. The molecule has 3 nitrogen and oxygen atoms in total. The van der Waals surface area contributed by atoms with Crippen LogP contribution in [0.25, 0.3) is 0 Å². The summed E-state index contributed by atoms with van der Waals surface area (Å²) in [5, 5.41) is 2.97. The molecule has 0 fully saturated rings. The van der Waals surface area contributed by atoms with Crippen molar-refractivity contribution < 1.29 is 4.79 Å². The number of halogens is 1. The Labute approximate surface area is 105 Å². The Morgan fingerprint density at radius 3 is 2.50 bits per heavy atom. The molecule has 3 N–H and O–H groups in total. The van der Waals surface area contributed by atoms with Crippen molar-refractivity contribution in [3.05, 3.63) is 28.2 Å². The third kappa shape index (κ3) is 3.52. The third-order valence-corrected chi connectivity index (χ3v) is 2.96. The number of hydrogen-bond donors (Lipinski definition) is 2. The topological polar surface area (TPSA) is 55.1 Å². The average Bonchev–Trinajstić information content (AvgIpc) is 2.24. The van der Waals surface area contributed by atoms with Crippen LogP contribution in [-0.2, 0) is 0 Å². The average molecular weight is 285 g/mol. The highest BCUT2D eigenvalue weighted by atomic mass is 79.9. The summed E-state index contributed by atoms with van der Waals surface area (Å²) in [6.07, 6.45) is 1.87. The number of hydrogen-bond acceptors (Lipinski definition) is 2. The number of carbonyl (C=O) groups excluding carboxylic acids is 1. The molecule has 0 heterocycles. The molecule has 0 aliphatic carbocycles. The molecular weight excluding hydrogens is 268 g/mol. The fourth-order valence-electron chi connectivity index (χ4n) is 1.50. The molecule has 0 radical (unpaired) electrons. The van der Waals surface area contributed by atoms with Crippen LogP contribution in [0.2, 0.25) is 0 Å². The van der Waals surface area contributed by atoms with Gasteiger partial charge in [0.1, 0.15) is 0 Å². The second-order valence-electron chi connectivity index (χ2n) is 3.76. The summed E-state index contributed by atoms with van der Waals surface area (Å²) >= 11 is 3.32. The van der Waals surface area contributed by atoms with Gasteiger partial charge in [0.05, 0.1) is 0 Å². The Kier molecular flexibility index (Phi) is 4.80. The molecule has 1 amide bonds. The van der Waals surface area contributed by atoms with E-state index in [-0.39, 0.29) is 11.9 Å². The molecule has 0 aliphatic rings. The van der Waals surface area contributed by atoms with Crippen LogP contribution in [0.5, 0.6) is 0 Å². The maximum absolute atomic E-state index is 11.9. The van der Waals surface area contributed by atoms with Crippen molar-refractivity contribution in [2.24, 2.45) is 0 Å². The minimum absolute atomic E-state index is 0.0679. The van der Waals surface area contributed by atoms with E-state index < -0.39 is 0 Å². The third-order valence-electron chi connectivity index (χ3n) is 2.50. The highest BCUT2D eigenvalue weighted by Gasteiger charge is 2.11. The predicted octanol–water partition coefficient (Wildman–Crippen LogP) is 2.95. The first-order valence-corrected chi connectivity index (χ1v) is 6.23. The van der Waals surface area contributed by atoms with E-state index in [2.05, 4.69) is 35.1 Å². The molecular formula is C12H17BrN2O. The fourth-order valence-corrected chi connectivity index (χ4v) is 2.02. The molecule has 0 saturated carbocycles. The first-order chi connectivity index (χ1) is 7.56. The SMILES string of the molecule is CCC(CC)NC(=O)c1cc(N)cc(Br)c1. The number of benzene rings is 1. The Morgan fingerprint density at radius 2 is 2.00 bits per heavy atom. The van der Waals surface area contributed by atoms with Gasteiger partial charge in [-0.15, -0.1) is 0 Å². The van der Waals surface area contributed by atoms with Crippen molar-refractivity contribution in [3.63, 3.8) is 0 Å². The zero-order chi connectivity index (χ0) is 12.1. The van der Waals surface area contributed by atoms with Crippen LogP contribution < -0.4 is 11.1 Å². The summed E-state index contributed by atoms with van der Waals surface area (Å²) in [5.74, 6) is -0.0679. The molecule has 1 aromatic carbocycles. The van der Waals surface area contributed by atoms with Gasteiger partial charge in [0.15, 0.2) is 0 Å². The Morgan fingerprint density at radius 1 is 1.38 bits per heavy atom. The van der Waals surface area contributed by atoms with E-state index in [4.69, 9.17) is 5.73 Å². The first-order valence-electron chi connectivity index (χ1n) is 5.43. The van der Waals surface area contributed by atoms with E-state index in [0.717, 1.165) is 17.3 Å². The van der Waals surface area contributed by atoms with Gasteiger partial charge in [0, 0.05) is 21.8 Å². The van der Waals surface area contributed by atoms with E-state index in [1.807, 2.05) is 0 Å². The lowest BCUT2D eigenvalue weighted by Crippen LogP contribution is -2.33. The maximum Gasteiger partial charge on any atom is 0.251 e. The summed E-state index contributed by atoms with van der Waals surface area (Å²) in [7, 11) is 0. The summed E-state index contributed by atoms with van der Waals surface area (Å²) in [5.41, 5.74) is 6.87. The van der Waals surface area contributed by atoms with Gasteiger partial charge in [0.25, 0.3) is 5.91 Å². The van der Waals surface area contributed by atoms with Crippen molar-refractivity contribution >= 4 is 27.5 Å². The second-order valence-corrected chi connectivity index (χ2v) is 4.68. The van der Waals surface area contributed by atoms with Gasteiger partial charge in [0.2, 0.25) is 0 Å². The standard InChI is InChI=1S/C12H17BrN2O/c1-3-11(4-2)15-12(16)8-5-9(13)7-10(14)6-8/h5-7,11H,3-4,14H2,1-2H3,(H,15,16). The summed E-state index contributed by atoms with van der Waals surface area (Å²) in [6, 6.07) is 5.46. The monoisotopic (exact) mass is 284 g/mol. The number of amides is 1. The smallest absolute Gasteiger partial charge is 0.251 e. The first kappa shape index (κ1) is 13.0. The normalized spacial score (nSPS) is 10.5. The van der Waals surface area contributed by atoms with Crippen LogP contribution >= 0.6 is 15.9 Å². The van der Waals surface area contributed by atoms with Crippen LogP contribution in [0.4, 0.5) is 5.69 Å². The van der Waals surface area contributed by atoms with Crippen LogP contribution in [0, 0.1) is 0 Å². The molecule has 0 aliphatic heterocycles. The quantitative estimate of drug-likeness (QED) is 0.836. The van der Waals surface area contributed by atoms with E-state index >= 15 is 0 Å². The molecule has 4 heteroatoms. The van der Waals surface area contributed by atoms with Crippen molar-refractivity contribution in [1.29, 1.82) is 0 Å². The lowest BCUT2D eigenvalue weighted by Gasteiger charge is -2.15. The Balaban J connectivity index is 2.80. The van der Waals surface area contributed by atoms with Crippen LogP contribution in [0.1, 0.15) is 37.0 Å². The highest BCUT2D eigenvalue weighted by molar-refractivity contribution is 9.10. The van der Waals surface area contributed by atoms with Gasteiger partial charge in [-0.2, -0.15) is 0 Å². The second kappa shape index (κ2) is 5.89. The molecule has 0 atom stereocenters. The van der Waals surface area contributed by atoms with Crippen LogP contribution in [0.3, 0.4) is 0 Å². The van der Waals surface area contributed by atoms with Crippen LogP contribution in [0.15, 0.2) is 22.7 Å². The van der Waals surface area contributed by atoms with Crippen molar-refractivity contribution in [3.8, 4) is 0 Å². The number of rotatable bonds is 4. The Bertz CT molecular complexity index is 355. The molecule has 0 spiro atoms. The molecule has 16 heavy (non-hydrogen) atoms. The van der Waals surface area contributed by atoms with Gasteiger partial charge >= 0.3 is 0 Å². The van der Waals surface area contributed by atoms with E-state index in [1.165, 1.54) is 0 Å². The van der Waals surface area contributed by atoms with E-state index in [1.54, 1.807) is 18.2 Å². The zero-order valence-electron chi connectivity index (χ0n) is 9.59. The molecule has 0 saturated heterocycles. The molecule has 0 bridgehead atoms. The predicted molar refractivity (Wildman–Crippen MR) is 70.4 cm³/mol. The molecule has 1 rings (SSSR count).